The molecule has 2 rings (SSSR count). The molecule has 2 aromatic rings. The third kappa shape index (κ3) is 4.04. The van der Waals surface area contributed by atoms with Crippen molar-refractivity contribution in [1.29, 1.82) is 0 Å². The van der Waals surface area contributed by atoms with Gasteiger partial charge in [-0.2, -0.15) is 4.98 Å². The first-order valence-electron chi connectivity index (χ1n) is 7.46. The van der Waals surface area contributed by atoms with Crippen LogP contribution in [0, 0.1) is 0 Å². The second-order valence-corrected chi connectivity index (χ2v) is 6.10. The van der Waals surface area contributed by atoms with Gasteiger partial charge in [0.1, 0.15) is 5.82 Å². The number of hydrogen-bond donors (Lipinski definition) is 1. The lowest BCUT2D eigenvalue weighted by atomic mass is 10.2. The summed E-state index contributed by atoms with van der Waals surface area (Å²) < 4.78 is 0.912. The van der Waals surface area contributed by atoms with Gasteiger partial charge in [0, 0.05) is 30.3 Å². The average Bonchev–Trinajstić information content (AvgIpc) is 2.47. The van der Waals surface area contributed by atoms with Crippen LogP contribution in [-0.2, 0) is 9.59 Å². The molecule has 122 valence electrons. The number of imide groups is 1. The molecule has 2 amide bonds. The fraction of sp³-hybridized carbons (Fsp3) is 0.375. The van der Waals surface area contributed by atoms with Gasteiger partial charge < -0.3 is 5.32 Å². The molecule has 6 nitrogen and oxygen atoms in total. The molecule has 0 saturated heterocycles. The predicted molar refractivity (Wildman–Crippen MR) is 94.5 cm³/mol. The Kier molecular flexibility index (Phi) is 5.65. The summed E-state index contributed by atoms with van der Waals surface area (Å²) in [4.78, 5) is 33.2. The SMILES string of the molecule is CCCCNc1nc(N(C(C)=O)C(C)=O)nc2ccc(Br)cc12. The topological polar surface area (TPSA) is 75.2 Å². The summed E-state index contributed by atoms with van der Waals surface area (Å²) in [6, 6.07) is 5.61. The first kappa shape index (κ1) is 17.3. The van der Waals surface area contributed by atoms with E-state index >= 15 is 0 Å². The van der Waals surface area contributed by atoms with E-state index in [1.54, 1.807) is 0 Å². The molecule has 0 aliphatic rings. The number of rotatable bonds is 5. The van der Waals surface area contributed by atoms with Crippen molar-refractivity contribution >= 4 is 50.4 Å². The Hall–Kier alpha value is -2.02. The minimum atomic E-state index is -0.409. The molecule has 0 unspecified atom stereocenters. The van der Waals surface area contributed by atoms with Gasteiger partial charge in [0.25, 0.3) is 0 Å². The van der Waals surface area contributed by atoms with Crippen molar-refractivity contribution in [2.75, 3.05) is 16.8 Å². The Balaban J connectivity index is 2.56. The molecule has 1 N–H and O–H groups in total. The Labute approximate surface area is 143 Å². The van der Waals surface area contributed by atoms with Gasteiger partial charge in [-0.1, -0.05) is 29.3 Å². The van der Waals surface area contributed by atoms with Crippen molar-refractivity contribution < 1.29 is 9.59 Å². The quantitative estimate of drug-likeness (QED) is 0.805. The lowest BCUT2D eigenvalue weighted by Gasteiger charge is -2.17. The molecule has 0 atom stereocenters. The molecule has 0 saturated carbocycles. The maximum absolute atomic E-state index is 11.7. The van der Waals surface area contributed by atoms with E-state index in [4.69, 9.17) is 0 Å². The van der Waals surface area contributed by atoms with Crippen LogP contribution in [0.1, 0.15) is 33.6 Å². The Bertz CT molecular complexity index is 734. The number of nitrogens with one attached hydrogen (secondary N) is 1. The van der Waals surface area contributed by atoms with Gasteiger partial charge >= 0.3 is 0 Å². The van der Waals surface area contributed by atoms with Gasteiger partial charge in [-0.05, 0) is 24.6 Å². The molecule has 0 radical (unpaired) electrons. The van der Waals surface area contributed by atoms with E-state index in [1.165, 1.54) is 13.8 Å². The highest BCUT2D eigenvalue weighted by Gasteiger charge is 2.21. The minimum absolute atomic E-state index is 0.0961. The first-order chi connectivity index (χ1) is 10.9. The van der Waals surface area contributed by atoms with Crippen LogP contribution in [0.3, 0.4) is 0 Å². The normalized spacial score (nSPS) is 10.6. The smallest absolute Gasteiger partial charge is 0.241 e. The van der Waals surface area contributed by atoms with Gasteiger partial charge in [-0.15, -0.1) is 0 Å². The van der Waals surface area contributed by atoms with Gasteiger partial charge in [0.15, 0.2) is 0 Å². The maximum atomic E-state index is 11.7. The summed E-state index contributed by atoms with van der Waals surface area (Å²) in [6.45, 7) is 5.51. The predicted octanol–water partition coefficient (Wildman–Crippen LogP) is 3.50. The van der Waals surface area contributed by atoms with Gasteiger partial charge in [0.2, 0.25) is 17.8 Å². The molecule has 1 aromatic heterocycles. The standard InChI is InChI=1S/C16H19BrN4O2/c1-4-5-8-18-15-13-9-12(17)6-7-14(13)19-16(20-15)21(10(2)22)11(3)23/h6-7,9H,4-5,8H2,1-3H3,(H,18,19,20). The van der Waals surface area contributed by atoms with Crippen LogP contribution in [0.5, 0.6) is 0 Å². The molecule has 0 aliphatic heterocycles. The summed E-state index contributed by atoms with van der Waals surface area (Å²) in [5, 5.41) is 4.11. The monoisotopic (exact) mass is 378 g/mol. The summed E-state index contributed by atoms with van der Waals surface area (Å²) in [6.07, 6.45) is 2.05. The highest BCUT2D eigenvalue weighted by atomic mass is 79.9. The number of halogens is 1. The third-order valence-electron chi connectivity index (χ3n) is 3.30. The Morgan fingerprint density at radius 1 is 1.22 bits per heavy atom. The second kappa shape index (κ2) is 7.50. The molecular formula is C16H19BrN4O2. The Morgan fingerprint density at radius 2 is 1.91 bits per heavy atom. The number of amides is 2. The number of fused-ring (bicyclic) bond motifs is 1. The van der Waals surface area contributed by atoms with E-state index in [0.717, 1.165) is 34.1 Å². The largest absolute Gasteiger partial charge is 0.369 e. The van der Waals surface area contributed by atoms with Crippen molar-refractivity contribution in [2.24, 2.45) is 0 Å². The molecule has 7 heteroatoms. The molecule has 23 heavy (non-hydrogen) atoms. The molecule has 1 aromatic carbocycles. The number of carbonyl (C=O) groups is 2. The summed E-state index contributed by atoms with van der Waals surface area (Å²) in [5.41, 5.74) is 0.671. The van der Waals surface area contributed by atoms with Crippen molar-refractivity contribution in [3.63, 3.8) is 0 Å². The zero-order valence-corrected chi connectivity index (χ0v) is 15.0. The summed E-state index contributed by atoms with van der Waals surface area (Å²) in [5.74, 6) is -0.104. The van der Waals surface area contributed by atoms with E-state index in [0.29, 0.717) is 11.3 Å². The highest BCUT2D eigenvalue weighted by molar-refractivity contribution is 9.10. The number of carbonyl (C=O) groups excluding carboxylic acids is 2. The second-order valence-electron chi connectivity index (χ2n) is 5.19. The van der Waals surface area contributed by atoms with E-state index < -0.39 is 11.8 Å². The van der Waals surface area contributed by atoms with Crippen LogP contribution < -0.4 is 10.2 Å². The number of benzene rings is 1. The fourth-order valence-corrected chi connectivity index (χ4v) is 2.57. The molecule has 0 fully saturated rings. The maximum Gasteiger partial charge on any atom is 0.241 e. The van der Waals surface area contributed by atoms with Crippen LogP contribution in [0.15, 0.2) is 22.7 Å². The van der Waals surface area contributed by atoms with Crippen molar-refractivity contribution in [2.45, 2.75) is 33.6 Å². The van der Waals surface area contributed by atoms with Crippen LogP contribution in [0.4, 0.5) is 11.8 Å². The molecule has 0 bridgehead atoms. The number of aromatic nitrogens is 2. The molecule has 1 heterocycles. The van der Waals surface area contributed by atoms with E-state index in [2.05, 4.69) is 38.1 Å². The van der Waals surface area contributed by atoms with Crippen LogP contribution in [0.2, 0.25) is 0 Å². The number of hydrogen-bond acceptors (Lipinski definition) is 5. The molecular weight excluding hydrogens is 360 g/mol. The lowest BCUT2D eigenvalue weighted by Crippen LogP contribution is -2.34. The van der Waals surface area contributed by atoms with Crippen molar-refractivity contribution in [3.05, 3.63) is 22.7 Å². The summed E-state index contributed by atoms with van der Waals surface area (Å²) in [7, 11) is 0. The first-order valence-corrected chi connectivity index (χ1v) is 8.25. The van der Waals surface area contributed by atoms with E-state index in [-0.39, 0.29) is 5.95 Å². The Morgan fingerprint density at radius 3 is 2.52 bits per heavy atom. The zero-order valence-electron chi connectivity index (χ0n) is 13.4. The highest BCUT2D eigenvalue weighted by Crippen LogP contribution is 2.27. The fourth-order valence-electron chi connectivity index (χ4n) is 2.21. The molecule has 0 spiro atoms. The molecule has 0 aliphatic carbocycles. The van der Waals surface area contributed by atoms with Crippen molar-refractivity contribution in [3.8, 4) is 0 Å². The number of unbranched alkanes of at least 4 members (excludes halogenated alkanes) is 1. The minimum Gasteiger partial charge on any atom is -0.369 e. The lowest BCUT2D eigenvalue weighted by molar-refractivity contribution is -0.124. The van der Waals surface area contributed by atoms with Crippen LogP contribution >= 0.6 is 15.9 Å². The van der Waals surface area contributed by atoms with Gasteiger partial charge in [-0.3, -0.25) is 9.59 Å². The van der Waals surface area contributed by atoms with Gasteiger partial charge in [-0.25, -0.2) is 9.88 Å². The van der Waals surface area contributed by atoms with Gasteiger partial charge in [0.05, 0.1) is 5.52 Å². The third-order valence-corrected chi connectivity index (χ3v) is 3.79. The van der Waals surface area contributed by atoms with Crippen LogP contribution in [-0.4, -0.2) is 28.3 Å². The number of nitrogens with zero attached hydrogens (tertiary/aromatic N) is 3. The van der Waals surface area contributed by atoms with E-state index in [1.807, 2.05) is 18.2 Å². The number of anilines is 2. The summed E-state index contributed by atoms with van der Waals surface area (Å²) >= 11 is 3.44. The van der Waals surface area contributed by atoms with Crippen LogP contribution in [0.25, 0.3) is 10.9 Å². The average molecular weight is 379 g/mol. The van der Waals surface area contributed by atoms with Crippen molar-refractivity contribution in [1.82, 2.24) is 9.97 Å². The van der Waals surface area contributed by atoms with E-state index in [9.17, 15) is 9.59 Å². The zero-order chi connectivity index (χ0) is 17.0.